The van der Waals surface area contributed by atoms with Crippen molar-refractivity contribution in [3.63, 3.8) is 0 Å². The minimum atomic E-state index is -3.63. The van der Waals surface area contributed by atoms with Gasteiger partial charge in [-0.15, -0.1) is 0 Å². The number of aliphatic imine (C=N–C) groups is 1. The highest BCUT2D eigenvalue weighted by atomic mass is 79.9. The highest BCUT2D eigenvalue weighted by molar-refractivity contribution is 9.11. The van der Waals surface area contributed by atoms with E-state index in [-0.39, 0.29) is 17.0 Å². The number of benzene rings is 1. The Morgan fingerprint density at radius 3 is 2.73 bits per heavy atom. The smallest absolute Gasteiger partial charge is 0.242 e. The van der Waals surface area contributed by atoms with Crippen LogP contribution in [0.25, 0.3) is 0 Å². The van der Waals surface area contributed by atoms with Gasteiger partial charge in [-0.2, -0.15) is 0 Å². The molecule has 3 rings (SSSR count). The van der Waals surface area contributed by atoms with Crippen LogP contribution in [0.2, 0.25) is 0 Å². The number of likely N-dealkylation sites (tertiary alicyclic amines) is 2. The molecular weight excluding hydrogens is 532 g/mol. The minimum absolute atomic E-state index is 0.140. The van der Waals surface area contributed by atoms with E-state index in [4.69, 9.17) is 0 Å². The van der Waals surface area contributed by atoms with E-state index >= 15 is 0 Å². The van der Waals surface area contributed by atoms with E-state index in [0.717, 1.165) is 24.0 Å². The normalized spacial score (nSPS) is 26.0. The van der Waals surface area contributed by atoms with E-state index in [1.165, 1.54) is 19.3 Å². The maximum Gasteiger partial charge on any atom is 0.242 e. The van der Waals surface area contributed by atoms with E-state index in [1.807, 2.05) is 6.07 Å². The highest BCUT2D eigenvalue weighted by Crippen LogP contribution is 2.29. The third-order valence-electron chi connectivity index (χ3n) is 6.00. The summed E-state index contributed by atoms with van der Waals surface area (Å²) in [6, 6.07) is 5.96. The second-order valence-corrected chi connectivity index (χ2v) is 12.3. The summed E-state index contributed by atoms with van der Waals surface area (Å²) >= 11 is 6.73. The molecule has 1 aromatic carbocycles. The fraction of sp³-hybridized carbons (Fsp3) is 0.667. The molecule has 1 N–H and O–H groups in total. The summed E-state index contributed by atoms with van der Waals surface area (Å²) in [4.78, 5) is 9.21. The monoisotopic (exact) mass is 562 g/mol. The predicted molar refractivity (Wildman–Crippen MR) is 130 cm³/mol. The van der Waals surface area contributed by atoms with Crippen LogP contribution in [0, 0.1) is 5.92 Å². The lowest BCUT2D eigenvalue weighted by Crippen LogP contribution is -2.42. The predicted octanol–water partition coefficient (Wildman–Crippen LogP) is 4.10. The largest absolute Gasteiger partial charge is 0.299 e. The molecule has 9 heteroatoms. The Morgan fingerprint density at radius 2 is 2.03 bits per heavy atom. The molecule has 2 saturated heterocycles. The maximum atomic E-state index is 13.0. The Balaban J connectivity index is 1.69. The molecule has 6 nitrogen and oxygen atoms in total. The average Bonchev–Trinajstić information content (AvgIpc) is 3.23. The first-order valence-electron chi connectivity index (χ1n) is 10.6. The van der Waals surface area contributed by atoms with Crippen LogP contribution < -0.4 is 4.72 Å². The van der Waals surface area contributed by atoms with Gasteiger partial charge in [0.2, 0.25) is 10.0 Å². The fourth-order valence-electron chi connectivity index (χ4n) is 4.74. The molecule has 0 spiro atoms. The van der Waals surface area contributed by atoms with Crippen LogP contribution in [0.4, 0.5) is 0 Å². The number of hydrogen-bond donors (Lipinski definition) is 1. The van der Waals surface area contributed by atoms with Gasteiger partial charge in [0.25, 0.3) is 0 Å². The zero-order valence-corrected chi connectivity index (χ0v) is 21.7. The van der Waals surface area contributed by atoms with Crippen molar-refractivity contribution in [1.29, 1.82) is 0 Å². The molecule has 0 saturated carbocycles. The van der Waals surface area contributed by atoms with Gasteiger partial charge in [0.15, 0.2) is 0 Å². The van der Waals surface area contributed by atoms with E-state index < -0.39 is 10.0 Å². The van der Waals surface area contributed by atoms with Gasteiger partial charge in [-0.25, -0.2) is 13.1 Å². The molecule has 2 heterocycles. The number of nitrogens with one attached hydrogen (secondary N) is 1. The maximum absolute atomic E-state index is 13.0. The van der Waals surface area contributed by atoms with Crippen molar-refractivity contribution < 1.29 is 8.42 Å². The van der Waals surface area contributed by atoms with E-state index in [1.54, 1.807) is 12.1 Å². The molecule has 0 radical (unpaired) electrons. The molecule has 2 aliphatic rings. The minimum Gasteiger partial charge on any atom is -0.299 e. The van der Waals surface area contributed by atoms with Crippen molar-refractivity contribution in [2.75, 3.05) is 26.3 Å². The van der Waals surface area contributed by atoms with Crippen LogP contribution in [0.15, 0.2) is 37.0 Å². The topological polar surface area (TPSA) is 65.0 Å². The molecule has 2 fully saturated rings. The zero-order chi connectivity index (χ0) is 21.9. The summed E-state index contributed by atoms with van der Waals surface area (Å²) in [7, 11) is -3.63. The Bertz CT molecular complexity index is 849. The quantitative estimate of drug-likeness (QED) is 0.459. The van der Waals surface area contributed by atoms with Gasteiger partial charge in [-0.1, -0.05) is 29.8 Å². The summed E-state index contributed by atoms with van der Waals surface area (Å²) in [6.45, 7) is 11.5. The van der Waals surface area contributed by atoms with Crippen molar-refractivity contribution in [3.8, 4) is 0 Å². The number of sulfonamides is 1. The van der Waals surface area contributed by atoms with Gasteiger partial charge < -0.3 is 0 Å². The van der Waals surface area contributed by atoms with E-state index in [2.05, 4.69) is 71.9 Å². The van der Waals surface area contributed by atoms with Crippen molar-refractivity contribution in [2.45, 2.75) is 62.6 Å². The first-order valence-corrected chi connectivity index (χ1v) is 13.6. The Kier molecular flexibility index (Phi) is 8.54. The number of hydrogen-bond acceptors (Lipinski definition) is 5. The lowest BCUT2D eigenvalue weighted by molar-refractivity contribution is 0.154. The van der Waals surface area contributed by atoms with Crippen molar-refractivity contribution in [1.82, 2.24) is 14.5 Å². The molecule has 0 aliphatic carbocycles. The fourth-order valence-corrected chi connectivity index (χ4v) is 7.49. The van der Waals surface area contributed by atoms with Crippen LogP contribution in [0.1, 0.15) is 39.5 Å². The second-order valence-electron chi connectivity index (χ2n) is 8.84. The average molecular weight is 564 g/mol. The molecule has 3 atom stereocenters. The number of rotatable bonds is 9. The van der Waals surface area contributed by atoms with E-state index in [0.29, 0.717) is 29.6 Å². The molecule has 30 heavy (non-hydrogen) atoms. The van der Waals surface area contributed by atoms with Gasteiger partial charge in [0.1, 0.15) is 0 Å². The van der Waals surface area contributed by atoms with Gasteiger partial charge >= 0.3 is 0 Å². The molecular formula is C21H32Br2N4O2S. The Labute approximate surface area is 197 Å². The van der Waals surface area contributed by atoms with Crippen LogP contribution in [0.5, 0.6) is 0 Å². The van der Waals surface area contributed by atoms with Crippen molar-refractivity contribution in [2.24, 2.45) is 10.9 Å². The molecule has 1 aromatic rings. The van der Waals surface area contributed by atoms with Crippen molar-refractivity contribution >= 4 is 48.6 Å². The SMILES string of the molecule is C=NCN1C[C@H](NS(=O)(=O)c2cc(Br)ccc2Br)C[C@@H]1CN1CCCC1CC(C)C. The first kappa shape index (κ1) is 24.3. The third-order valence-corrected chi connectivity index (χ3v) is 9.01. The lowest BCUT2D eigenvalue weighted by Gasteiger charge is -2.31. The summed E-state index contributed by atoms with van der Waals surface area (Å²) in [5, 5.41) is 0. The Morgan fingerprint density at radius 1 is 1.27 bits per heavy atom. The molecule has 1 unspecified atom stereocenters. The van der Waals surface area contributed by atoms with Crippen molar-refractivity contribution in [3.05, 3.63) is 27.1 Å². The molecule has 0 aromatic heterocycles. The second kappa shape index (κ2) is 10.5. The number of halogens is 2. The summed E-state index contributed by atoms with van der Waals surface area (Å²) in [6.07, 6.45) is 4.51. The first-order chi connectivity index (χ1) is 14.2. The summed E-state index contributed by atoms with van der Waals surface area (Å²) < 4.78 is 30.3. The molecule has 168 valence electrons. The van der Waals surface area contributed by atoms with E-state index in [9.17, 15) is 8.42 Å². The number of nitrogens with zero attached hydrogens (tertiary/aromatic N) is 3. The lowest BCUT2D eigenvalue weighted by atomic mass is 10.0. The Hall–Kier alpha value is -0.320. The van der Waals surface area contributed by atoms with Gasteiger partial charge in [0, 0.05) is 40.2 Å². The van der Waals surface area contributed by atoms with Crippen LogP contribution in [-0.4, -0.2) is 69.4 Å². The van der Waals surface area contributed by atoms with Gasteiger partial charge in [-0.05, 0) is 79.0 Å². The highest BCUT2D eigenvalue weighted by Gasteiger charge is 2.37. The standard InChI is InChI=1S/C21H32Br2N4O2S/c1-15(2)9-18-5-4-8-26(18)13-19-11-17(12-27(19)14-24-3)25-30(28,29)21-10-16(22)6-7-20(21)23/h6-7,10,15,17-19,25H,3-5,8-9,11-14H2,1-2H3/t17-,18?,19-/m1/s1. The summed E-state index contributed by atoms with van der Waals surface area (Å²) in [5.74, 6) is 0.688. The third kappa shape index (κ3) is 6.13. The summed E-state index contributed by atoms with van der Waals surface area (Å²) in [5.41, 5.74) is 0. The van der Waals surface area contributed by atoms with Gasteiger partial charge in [0.05, 0.1) is 11.6 Å². The van der Waals surface area contributed by atoms with Crippen LogP contribution >= 0.6 is 31.9 Å². The van der Waals surface area contributed by atoms with Crippen LogP contribution in [-0.2, 0) is 10.0 Å². The molecule has 2 aliphatic heterocycles. The molecule has 0 bridgehead atoms. The van der Waals surface area contributed by atoms with Gasteiger partial charge in [-0.3, -0.25) is 14.8 Å². The van der Waals surface area contributed by atoms with Crippen LogP contribution in [0.3, 0.4) is 0 Å². The zero-order valence-electron chi connectivity index (χ0n) is 17.7. The molecule has 0 amide bonds.